The minimum atomic E-state index is -0.655. The lowest BCUT2D eigenvalue weighted by molar-refractivity contribution is -0.122. The number of hydrogen-bond donors (Lipinski definition) is 1. The summed E-state index contributed by atoms with van der Waals surface area (Å²) in [5.41, 5.74) is 0. The number of carbonyl (C=O) groups is 1. The van der Waals surface area contributed by atoms with Crippen molar-refractivity contribution in [1.29, 1.82) is 5.26 Å². The van der Waals surface area contributed by atoms with Gasteiger partial charge in [0, 0.05) is 5.92 Å². The Morgan fingerprint density at radius 1 is 1.71 bits per heavy atom. The highest BCUT2D eigenvalue weighted by molar-refractivity contribution is 5.81. The van der Waals surface area contributed by atoms with E-state index in [1.807, 2.05) is 6.07 Å². The second kappa shape index (κ2) is 3.54. The van der Waals surface area contributed by atoms with E-state index in [4.69, 9.17) is 9.68 Å². The van der Waals surface area contributed by atoms with Crippen LogP contribution in [0, 0.1) is 17.2 Å². The Hall–Kier alpha value is -1.76. The first kappa shape index (κ1) is 8.82. The first-order valence-electron chi connectivity index (χ1n) is 4.54. The van der Waals surface area contributed by atoms with E-state index >= 15 is 0 Å². The van der Waals surface area contributed by atoms with Crippen molar-refractivity contribution in [2.24, 2.45) is 5.92 Å². The van der Waals surface area contributed by atoms with E-state index in [0.717, 1.165) is 12.8 Å². The fourth-order valence-corrected chi connectivity index (χ4v) is 1.23. The van der Waals surface area contributed by atoms with Crippen molar-refractivity contribution in [2.75, 3.05) is 0 Å². The van der Waals surface area contributed by atoms with Gasteiger partial charge in [0.2, 0.25) is 5.91 Å². The molecular formula is C10H10N2O2. The van der Waals surface area contributed by atoms with Gasteiger partial charge in [-0.25, -0.2) is 0 Å². The molecule has 1 aromatic heterocycles. The first-order valence-corrected chi connectivity index (χ1v) is 4.54. The van der Waals surface area contributed by atoms with Crippen molar-refractivity contribution in [3.8, 4) is 6.07 Å². The van der Waals surface area contributed by atoms with E-state index in [1.165, 1.54) is 6.26 Å². The van der Waals surface area contributed by atoms with Gasteiger partial charge in [0.15, 0.2) is 6.04 Å². The molecule has 0 spiro atoms. The summed E-state index contributed by atoms with van der Waals surface area (Å²) in [4.78, 5) is 11.4. The Bertz CT molecular complexity index is 360. The fraction of sp³-hybridized carbons (Fsp3) is 0.400. The van der Waals surface area contributed by atoms with Gasteiger partial charge in [0.1, 0.15) is 5.76 Å². The number of nitriles is 1. The molecule has 1 heterocycles. The Morgan fingerprint density at radius 2 is 2.50 bits per heavy atom. The molecule has 14 heavy (non-hydrogen) atoms. The van der Waals surface area contributed by atoms with Crippen LogP contribution in [-0.4, -0.2) is 5.91 Å². The summed E-state index contributed by atoms with van der Waals surface area (Å²) in [6.45, 7) is 0. The first-order chi connectivity index (χ1) is 6.81. The second-order valence-corrected chi connectivity index (χ2v) is 3.36. The third-order valence-electron chi connectivity index (χ3n) is 2.19. The van der Waals surface area contributed by atoms with Crippen molar-refractivity contribution < 1.29 is 9.21 Å². The van der Waals surface area contributed by atoms with Crippen LogP contribution in [0.4, 0.5) is 0 Å². The molecule has 0 bridgehead atoms. The quantitative estimate of drug-likeness (QED) is 0.782. The third-order valence-corrected chi connectivity index (χ3v) is 2.19. The van der Waals surface area contributed by atoms with E-state index in [1.54, 1.807) is 12.1 Å². The molecule has 1 saturated carbocycles. The van der Waals surface area contributed by atoms with Gasteiger partial charge in [-0.05, 0) is 25.0 Å². The summed E-state index contributed by atoms with van der Waals surface area (Å²) in [6, 6.07) is 4.72. The minimum Gasteiger partial charge on any atom is -0.466 e. The molecule has 1 atom stereocenters. The molecule has 1 unspecified atom stereocenters. The molecule has 4 nitrogen and oxygen atoms in total. The number of amides is 1. The van der Waals surface area contributed by atoms with Gasteiger partial charge >= 0.3 is 0 Å². The Morgan fingerprint density at radius 3 is 3.00 bits per heavy atom. The van der Waals surface area contributed by atoms with Crippen molar-refractivity contribution >= 4 is 5.91 Å². The summed E-state index contributed by atoms with van der Waals surface area (Å²) in [6.07, 6.45) is 3.35. The van der Waals surface area contributed by atoms with Crippen molar-refractivity contribution in [3.05, 3.63) is 24.2 Å². The summed E-state index contributed by atoms with van der Waals surface area (Å²) in [5, 5.41) is 11.5. The number of nitrogens with zero attached hydrogens (tertiary/aromatic N) is 1. The normalized spacial score (nSPS) is 17.1. The number of hydrogen-bond acceptors (Lipinski definition) is 3. The number of rotatable bonds is 3. The minimum absolute atomic E-state index is 0.0482. The molecule has 1 fully saturated rings. The molecular weight excluding hydrogens is 180 g/mol. The van der Waals surface area contributed by atoms with Crippen molar-refractivity contribution in [2.45, 2.75) is 18.9 Å². The summed E-state index contributed by atoms with van der Waals surface area (Å²) in [5.74, 6) is 0.551. The fourth-order valence-electron chi connectivity index (χ4n) is 1.23. The van der Waals surface area contributed by atoms with Crippen LogP contribution in [-0.2, 0) is 4.79 Å². The van der Waals surface area contributed by atoms with Gasteiger partial charge in [0.25, 0.3) is 0 Å². The standard InChI is InChI=1S/C10H10N2O2/c11-6-8(9-2-1-5-14-9)12-10(13)7-3-4-7/h1-2,5,7-8H,3-4H2,(H,12,13). The highest BCUT2D eigenvalue weighted by atomic mass is 16.3. The van der Waals surface area contributed by atoms with Gasteiger partial charge < -0.3 is 9.73 Å². The van der Waals surface area contributed by atoms with Crippen molar-refractivity contribution in [3.63, 3.8) is 0 Å². The predicted molar refractivity (Wildman–Crippen MR) is 47.9 cm³/mol. The smallest absolute Gasteiger partial charge is 0.224 e. The van der Waals surface area contributed by atoms with Gasteiger partial charge in [-0.1, -0.05) is 0 Å². The molecule has 1 aliphatic rings. The van der Waals surface area contributed by atoms with E-state index in [2.05, 4.69) is 5.32 Å². The zero-order chi connectivity index (χ0) is 9.97. The number of carbonyl (C=O) groups excluding carboxylic acids is 1. The monoisotopic (exact) mass is 190 g/mol. The SMILES string of the molecule is N#CC(NC(=O)C1CC1)c1ccco1. The number of nitrogens with one attached hydrogen (secondary N) is 1. The molecule has 1 N–H and O–H groups in total. The molecule has 4 heteroatoms. The number of furan rings is 1. The highest BCUT2D eigenvalue weighted by Gasteiger charge is 2.31. The van der Waals surface area contributed by atoms with Crippen LogP contribution in [0.1, 0.15) is 24.6 Å². The van der Waals surface area contributed by atoms with Gasteiger partial charge in [-0.2, -0.15) is 5.26 Å². The maximum absolute atomic E-state index is 11.4. The molecule has 1 aliphatic carbocycles. The van der Waals surface area contributed by atoms with E-state index in [9.17, 15) is 4.79 Å². The third kappa shape index (κ3) is 1.77. The molecule has 0 saturated heterocycles. The molecule has 0 aromatic carbocycles. The Kier molecular flexibility index (Phi) is 2.23. The van der Waals surface area contributed by atoms with Crippen LogP contribution in [0.25, 0.3) is 0 Å². The average Bonchev–Trinajstić information content (AvgIpc) is 2.91. The lowest BCUT2D eigenvalue weighted by Crippen LogP contribution is -2.28. The Labute approximate surface area is 81.5 Å². The van der Waals surface area contributed by atoms with Crippen molar-refractivity contribution in [1.82, 2.24) is 5.32 Å². The topological polar surface area (TPSA) is 66.0 Å². The molecule has 0 radical (unpaired) electrons. The van der Waals surface area contributed by atoms with E-state index in [0.29, 0.717) is 5.76 Å². The lowest BCUT2D eigenvalue weighted by atomic mass is 10.2. The maximum atomic E-state index is 11.4. The Balaban J connectivity index is 2.00. The van der Waals surface area contributed by atoms with Crippen LogP contribution in [0.2, 0.25) is 0 Å². The zero-order valence-electron chi connectivity index (χ0n) is 7.56. The van der Waals surface area contributed by atoms with Gasteiger partial charge in [-0.3, -0.25) is 4.79 Å². The maximum Gasteiger partial charge on any atom is 0.224 e. The predicted octanol–water partition coefficient (Wildman–Crippen LogP) is 1.37. The van der Waals surface area contributed by atoms with Gasteiger partial charge in [-0.15, -0.1) is 0 Å². The van der Waals surface area contributed by atoms with Crippen LogP contribution in [0.15, 0.2) is 22.8 Å². The van der Waals surface area contributed by atoms with Gasteiger partial charge in [0.05, 0.1) is 12.3 Å². The highest BCUT2D eigenvalue weighted by Crippen LogP contribution is 2.29. The molecule has 2 rings (SSSR count). The second-order valence-electron chi connectivity index (χ2n) is 3.36. The largest absolute Gasteiger partial charge is 0.466 e. The lowest BCUT2D eigenvalue weighted by Gasteiger charge is -2.07. The molecule has 0 aliphatic heterocycles. The molecule has 1 aromatic rings. The average molecular weight is 190 g/mol. The summed E-state index contributed by atoms with van der Waals surface area (Å²) in [7, 11) is 0. The summed E-state index contributed by atoms with van der Waals surface area (Å²) < 4.78 is 5.05. The van der Waals surface area contributed by atoms with Crippen LogP contribution >= 0.6 is 0 Å². The molecule has 1 amide bonds. The van der Waals surface area contributed by atoms with Crippen LogP contribution < -0.4 is 5.32 Å². The summed E-state index contributed by atoms with van der Waals surface area (Å²) >= 11 is 0. The van der Waals surface area contributed by atoms with Crippen LogP contribution in [0.5, 0.6) is 0 Å². The van der Waals surface area contributed by atoms with E-state index in [-0.39, 0.29) is 11.8 Å². The molecule has 72 valence electrons. The van der Waals surface area contributed by atoms with E-state index < -0.39 is 6.04 Å². The van der Waals surface area contributed by atoms with Crippen LogP contribution in [0.3, 0.4) is 0 Å². The zero-order valence-corrected chi connectivity index (χ0v) is 7.56.